The Bertz CT molecular complexity index is 973. The lowest BCUT2D eigenvalue weighted by Crippen LogP contribution is -2.50. The number of aromatic nitrogens is 1. The number of urea groups is 1. The zero-order valence-corrected chi connectivity index (χ0v) is 20.5. The maximum Gasteiger partial charge on any atom is 0.409 e. The molecule has 1 saturated heterocycles. The zero-order valence-electron chi connectivity index (χ0n) is 18.9. The second-order valence-corrected chi connectivity index (χ2v) is 9.14. The van der Waals surface area contributed by atoms with Gasteiger partial charge in [0.2, 0.25) is 0 Å². The molecule has 0 spiro atoms. The van der Waals surface area contributed by atoms with E-state index in [1.807, 2.05) is 13.8 Å². The van der Waals surface area contributed by atoms with Crippen LogP contribution in [0.1, 0.15) is 36.3 Å². The number of carbonyl (C=O) groups excluding carboxylic acids is 3. The summed E-state index contributed by atoms with van der Waals surface area (Å²) >= 11 is 7.25. The van der Waals surface area contributed by atoms with Crippen LogP contribution in [0.3, 0.4) is 0 Å². The third-order valence-corrected chi connectivity index (χ3v) is 6.23. The van der Waals surface area contributed by atoms with Crippen molar-refractivity contribution in [3.8, 4) is 0 Å². The van der Waals surface area contributed by atoms with E-state index in [1.165, 1.54) is 11.3 Å². The summed E-state index contributed by atoms with van der Waals surface area (Å²) in [6.07, 6.45) is -0.355. The molecule has 0 atom stereocenters. The number of ether oxygens (including phenoxy) is 1. The topological polar surface area (TPSA) is 95.1 Å². The van der Waals surface area contributed by atoms with Crippen LogP contribution in [0.25, 0.3) is 0 Å². The van der Waals surface area contributed by atoms with Gasteiger partial charge in [0.15, 0.2) is 0 Å². The van der Waals surface area contributed by atoms with E-state index in [9.17, 15) is 14.4 Å². The monoisotopic (exact) mass is 493 g/mol. The molecule has 11 heteroatoms. The van der Waals surface area contributed by atoms with Crippen molar-refractivity contribution in [2.75, 3.05) is 38.1 Å². The van der Waals surface area contributed by atoms with Crippen LogP contribution in [0.4, 0.5) is 15.3 Å². The molecule has 0 saturated carbocycles. The van der Waals surface area contributed by atoms with Gasteiger partial charge < -0.3 is 24.8 Å². The van der Waals surface area contributed by atoms with Gasteiger partial charge in [-0.2, -0.15) is 0 Å². The number of anilines is 1. The summed E-state index contributed by atoms with van der Waals surface area (Å²) in [5.41, 5.74) is 0.994. The maximum atomic E-state index is 12.9. The number of halogens is 1. The van der Waals surface area contributed by atoms with Crippen molar-refractivity contribution in [3.05, 3.63) is 45.4 Å². The predicted molar refractivity (Wildman–Crippen MR) is 128 cm³/mol. The first-order valence-corrected chi connectivity index (χ1v) is 12.0. The largest absolute Gasteiger partial charge is 0.450 e. The average molecular weight is 494 g/mol. The Hall–Kier alpha value is -2.85. The molecule has 1 aliphatic heterocycles. The maximum absolute atomic E-state index is 12.9. The molecule has 1 aromatic heterocycles. The average Bonchev–Trinajstić information content (AvgIpc) is 3.27. The highest BCUT2D eigenvalue weighted by molar-refractivity contribution is 7.09. The number of carbonyl (C=O) groups is 3. The smallest absolute Gasteiger partial charge is 0.409 e. The molecule has 1 aromatic carbocycles. The van der Waals surface area contributed by atoms with E-state index in [0.717, 1.165) is 0 Å². The fourth-order valence-electron chi connectivity index (χ4n) is 3.31. The van der Waals surface area contributed by atoms with Crippen molar-refractivity contribution in [2.45, 2.75) is 33.4 Å². The Balaban J connectivity index is 1.59. The molecule has 33 heavy (non-hydrogen) atoms. The van der Waals surface area contributed by atoms with E-state index in [0.29, 0.717) is 54.2 Å². The van der Waals surface area contributed by atoms with Crippen LogP contribution >= 0.6 is 22.9 Å². The van der Waals surface area contributed by atoms with Gasteiger partial charge in [0.1, 0.15) is 10.7 Å². The first-order valence-electron chi connectivity index (χ1n) is 10.8. The van der Waals surface area contributed by atoms with Crippen molar-refractivity contribution in [2.24, 2.45) is 0 Å². The van der Waals surface area contributed by atoms with Gasteiger partial charge in [0.05, 0.1) is 13.2 Å². The van der Waals surface area contributed by atoms with Crippen molar-refractivity contribution in [1.29, 1.82) is 0 Å². The molecule has 0 unspecified atom stereocenters. The molecule has 2 aromatic rings. The molecule has 3 rings (SSSR count). The SMILES string of the molecule is CCOC(=O)N1CCN(C(=O)c2csc(CN(C(=O)Nc3ccc(Cl)cc3)C(C)C)n2)CC1. The lowest BCUT2D eigenvalue weighted by atomic mass is 10.3. The van der Waals surface area contributed by atoms with Gasteiger partial charge in [-0.3, -0.25) is 4.79 Å². The summed E-state index contributed by atoms with van der Waals surface area (Å²) in [6, 6.07) is 6.56. The number of hydrogen-bond acceptors (Lipinski definition) is 6. The van der Waals surface area contributed by atoms with Crippen molar-refractivity contribution >= 4 is 46.7 Å². The number of hydrogen-bond donors (Lipinski definition) is 1. The van der Waals surface area contributed by atoms with E-state index in [1.54, 1.807) is 51.3 Å². The van der Waals surface area contributed by atoms with E-state index in [4.69, 9.17) is 16.3 Å². The molecule has 0 radical (unpaired) electrons. The molecule has 9 nitrogen and oxygen atoms in total. The van der Waals surface area contributed by atoms with Crippen LogP contribution in [0.2, 0.25) is 5.02 Å². The summed E-state index contributed by atoms with van der Waals surface area (Å²) in [5, 5.41) is 5.84. The molecule has 1 aliphatic rings. The van der Waals surface area contributed by atoms with Gasteiger partial charge >= 0.3 is 12.1 Å². The molecule has 178 valence electrons. The van der Waals surface area contributed by atoms with Crippen LogP contribution in [0.15, 0.2) is 29.6 Å². The fraction of sp³-hybridized carbons (Fsp3) is 0.455. The lowest BCUT2D eigenvalue weighted by Gasteiger charge is -2.33. The standard InChI is InChI=1S/C22H28ClN5O4S/c1-4-32-22(31)27-11-9-26(10-12-27)20(29)18-14-33-19(25-18)13-28(15(2)3)21(30)24-17-7-5-16(23)6-8-17/h5-8,14-15H,4,9-13H2,1-3H3,(H,24,30). The van der Waals surface area contributed by atoms with E-state index in [2.05, 4.69) is 10.3 Å². The molecule has 2 heterocycles. The highest BCUT2D eigenvalue weighted by atomic mass is 35.5. The van der Waals surface area contributed by atoms with Gasteiger partial charge in [0.25, 0.3) is 5.91 Å². The summed E-state index contributed by atoms with van der Waals surface area (Å²) in [5.74, 6) is -0.178. The number of benzene rings is 1. The van der Waals surface area contributed by atoms with Crippen LogP contribution in [0.5, 0.6) is 0 Å². The van der Waals surface area contributed by atoms with Gasteiger partial charge in [-0.05, 0) is 45.0 Å². The number of thiazole rings is 1. The van der Waals surface area contributed by atoms with Crippen molar-refractivity contribution < 1.29 is 19.1 Å². The van der Waals surface area contributed by atoms with Crippen molar-refractivity contribution in [3.63, 3.8) is 0 Å². The molecule has 4 amide bonds. The van der Waals surface area contributed by atoms with Crippen LogP contribution in [0, 0.1) is 0 Å². The normalized spacial score (nSPS) is 13.7. The Morgan fingerprint density at radius 3 is 2.39 bits per heavy atom. The third kappa shape index (κ3) is 6.58. The predicted octanol–water partition coefficient (Wildman–Crippen LogP) is 4.15. The zero-order chi connectivity index (χ0) is 24.0. The first kappa shape index (κ1) is 24.8. The molecule has 0 aliphatic carbocycles. The molecule has 1 fully saturated rings. The molecule has 1 N–H and O–H groups in total. The van der Waals surface area contributed by atoms with E-state index >= 15 is 0 Å². The molecular formula is C22H28ClN5O4S. The van der Waals surface area contributed by atoms with Gasteiger partial charge in [-0.1, -0.05) is 11.6 Å². The summed E-state index contributed by atoms with van der Waals surface area (Å²) in [7, 11) is 0. The molecular weight excluding hydrogens is 466 g/mol. The Labute approximate surface area is 202 Å². The fourth-order valence-corrected chi connectivity index (χ4v) is 4.21. The summed E-state index contributed by atoms with van der Waals surface area (Å²) < 4.78 is 5.01. The Kier molecular flexibility index (Phi) is 8.51. The highest BCUT2D eigenvalue weighted by Gasteiger charge is 2.27. The van der Waals surface area contributed by atoms with E-state index < -0.39 is 0 Å². The van der Waals surface area contributed by atoms with Gasteiger partial charge in [-0.15, -0.1) is 11.3 Å². The quantitative estimate of drug-likeness (QED) is 0.652. The highest BCUT2D eigenvalue weighted by Crippen LogP contribution is 2.19. The number of rotatable bonds is 6. The van der Waals surface area contributed by atoms with Crippen LogP contribution in [-0.4, -0.2) is 76.5 Å². The summed E-state index contributed by atoms with van der Waals surface area (Å²) in [4.78, 5) is 46.9. The third-order valence-electron chi connectivity index (χ3n) is 5.15. The first-order chi connectivity index (χ1) is 15.8. The minimum absolute atomic E-state index is 0.0729. The van der Waals surface area contributed by atoms with E-state index in [-0.39, 0.29) is 30.6 Å². The van der Waals surface area contributed by atoms with Crippen LogP contribution in [-0.2, 0) is 11.3 Å². The number of nitrogens with one attached hydrogen (secondary N) is 1. The van der Waals surface area contributed by atoms with Crippen LogP contribution < -0.4 is 5.32 Å². The minimum atomic E-state index is -0.355. The van der Waals surface area contributed by atoms with Gasteiger partial charge in [-0.25, -0.2) is 14.6 Å². The summed E-state index contributed by atoms with van der Waals surface area (Å²) in [6.45, 7) is 7.91. The Morgan fingerprint density at radius 2 is 1.79 bits per heavy atom. The number of nitrogens with zero attached hydrogens (tertiary/aromatic N) is 4. The number of piperazine rings is 1. The Morgan fingerprint density at radius 1 is 1.15 bits per heavy atom. The lowest BCUT2D eigenvalue weighted by molar-refractivity contribution is 0.0566. The molecule has 0 bridgehead atoms. The second-order valence-electron chi connectivity index (χ2n) is 7.76. The number of amides is 4. The van der Waals surface area contributed by atoms with Gasteiger partial charge in [0, 0.05) is 48.3 Å². The van der Waals surface area contributed by atoms with Crippen molar-refractivity contribution in [1.82, 2.24) is 19.7 Å². The minimum Gasteiger partial charge on any atom is -0.450 e. The second kappa shape index (κ2) is 11.3.